The lowest BCUT2D eigenvalue weighted by Crippen LogP contribution is -2.26. The van der Waals surface area contributed by atoms with Crippen LogP contribution in [0.15, 0.2) is 0 Å². The van der Waals surface area contributed by atoms with E-state index in [-0.39, 0.29) is 0 Å². The van der Waals surface area contributed by atoms with E-state index < -0.39 is 0 Å². The van der Waals surface area contributed by atoms with Crippen molar-refractivity contribution >= 4 is 28.3 Å². The van der Waals surface area contributed by atoms with Crippen LogP contribution in [0.3, 0.4) is 0 Å². The Balaban J connectivity index is 3.72. The zero-order chi connectivity index (χ0) is 8.69. The van der Waals surface area contributed by atoms with Crippen LogP contribution in [0.1, 0.15) is 13.8 Å². The summed E-state index contributed by atoms with van der Waals surface area (Å²) in [6.07, 6.45) is 0. The van der Waals surface area contributed by atoms with Crippen molar-refractivity contribution in [2.75, 3.05) is 18.8 Å². The van der Waals surface area contributed by atoms with Crippen LogP contribution in [0.2, 0.25) is 0 Å². The fourth-order valence-electron chi connectivity index (χ4n) is 0.667. The summed E-state index contributed by atoms with van der Waals surface area (Å²) in [5.41, 5.74) is 0. The molecular weight excluding hydrogens is 176 g/mol. The molecule has 0 fully saturated rings. The van der Waals surface area contributed by atoms with Crippen LogP contribution in [-0.4, -0.2) is 28.1 Å². The van der Waals surface area contributed by atoms with Gasteiger partial charge in [-0.15, -0.1) is 0 Å². The van der Waals surface area contributed by atoms with Gasteiger partial charge in [0, 0.05) is 13.1 Å². The van der Waals surface area contributed by atoms with Crippen molar-refractivity contribution in [3.05, 3.63) is 0 Å². The molecule has 11 heavy (non-hydrogen) atoms. The molecule has 0 aromatic rings. The SMILES string of the molecule is CCN(CC)C(=S)SCC#N. The van der Waals surface area contributed by atoms with E-state index in [1.807, 2.05) is 0 Å². The molecule has 0 aliphatic rings. The average Bonchev–Trinajstić information content (AvgIpc) is 2.03. The van der Waals surface area contributed by atoms with Crippen molar-refractivity contribution in [3.8, 4) is 6.07 Å². The van der Waals surface area contributed by atoms with E-state index in [1.165, 1.54) is 11.8 Å². The number of thioether (sulfide) groups is 1. The molecule has 0 atom stereocenters. The Morgan fingerprint density at radius 2 is 2.09 bits per heavy atom. The lowest BCUT2D eigenvalue weighted by Gasteiger charge is -2.19. The summed E-state index contributed by atoms with van der Waals surface area (Å²) in [4.78, 5) is 2.07. The fourth-order valence-corrected chi connectivity index (χ4v) is 1.73. The summed E-state index contributed by atoms with van der Waals surface area (Å²) in [5, 5.41) is 8.29. The van der Waals surface area contributed by atoms with E-state index in [0.717, 1.165) is 17.4 Å². The molecule has 0 radical (unpaired) electrons. The topological polar surface area (TPSA) is 27.0 Å². The van der Waals surface area contributed by atoms with Gasteiger partial charge < -0.3 is 4.90 Å². The lowest BCUT2D eigenvalue weighted by atomic mass is 10.6. The summed E-state index contributed by atoms with van der Waals surface area (Å²) in [6.45, 7) is 5.97. The molecule has 0 amide bonds. The van der Waals surface area contributed by atoms with E-state index >= 15 is 0 Å². The Morgan fingerprint density at radius 1 is 1.55 bits per heavy atom. The van der Waals surface area contributed by atoms with Gasteiger partial charge in [-0.25, -0.2) is 0 Å². The Morgan fingerprint density at radius 3 is 2.45 bits per heavy atom. The van der Waals surface area contributed by atoms with Crippen molar-refractivity contribution in [3.63, 3.8) is 0 Å². The highest BCUT2D eigenvalue weighted by Crippen LogP contribution is 2.07. The summed E-state index contributed by atoms with van der Waals surface area (Å²) < 4.78 is 0.830. The maximum Gasteiger partial charge on any atom is 0.137 e. The quantitative estimate of drug-likeness (QED) is 0.632. The third kappa shape index (κ3) is 4.23. The molecule has 0 bridgehead atoms. The summed E-state index contributed by atoms with van der Waals surface area (Å²) in [5.74, 6) is 0.454. The Kier molecular flexibility index (Phi) is 6.28. The van der Waals surface area contributed by atoms with Gasteiger partial charge in [0.05, 0.1) is 11.8 Å². The number of rotatable bonds is 3. The monoisotopic (exact) mass is 188 g/mol. The van der Waals surface area contributed by atoms with E-state index in [4.69, 9.17) is 17.5 Å². The molecule has 0 N–H and O–H groups in total. The molecule has 0 heterocycles. The summed E-state index contributed by atoms with van der Waals surface area (Å²) in [7, 11) is 0. The van der Waals surface area contributed by atoms with Crippen LogP contribution in [0, 0.1) is 11.3 Å². The van der Waals surface area contributed by atoms with Gasteiger partial charge in [-0.3, -0.25) is 0 Å². The number of nitriles is 1. The Hall–Kier alpha value is -0.270. The molecule has 2 nitrogen and oxygen atoms in total. The number of nitrogens with zero attached hydrogens (tertiary/aromatic N) is 2. The molecule has 0 saturated carbocycles. The fraction of sp³-hybridized carbons (Fsp3) is 0.714. The van der Waals surface area contributed by atoms with Crippen molar-refractivity contribution in [2.45, 2.75) is 13.8 Å². The first kappa shape index (κ1) is 10.7. The predicted octanol–water partition coefficient (Wildman–Crippen LogP) is 1.87. The van der Waals surface area contributed by atoms with Crippen LogP contribution >= 0.6 is 24.0 Å². The second-order valence-electron chi connectivity index (χ2n) is 1.88. The van der Waals surface area contributed by atoms with Crippen LogP contribution in [0.25, 0.3) is 0 Å². The molecule has 0 saturated heterocycles. The second kappa shape index (κ2) is 6.44. The first-order valence-electron chi connectivity index (χ1n) is 3.54. The van der Waals surface area contributed by atoms with Gasteiger partial charge in [0.25, 0.3) is 0 Å². The zero-order valence-electron chi connectivity index (χ0n) is 6.83. The zero-order valence-corrected chi connectivity index (χ0v) is 8.47. The van der Waals surface area contributed by atoms with Crippen LogP contribution in [0.4, 0.5) is 0 Å². The number of hydrogen-bond donors (Lipinski definition) is 0. The van der Waals surface area contributed by atoms with Crippen LogP contribution in [-0.2, 0) is 0 Å². The molecule has 62 valence electrons. The van der Waals surface area contributed by atoms with Gasteiger partial charge in [0.1, 0.15) is 4.32 Å². The van der Waals surface area contributed by atoms with Crippen LogP contribution < -0.4 is 0 Å². The van der Waals surface area contributed by atoms with Crippen molar-refractivity contribution in [1.29, 1.82) is 5.26 Å². The first-order valence-corrected chi connectivity index (χ1v) is 4.94. The normalized spacial score (nSPS) is 8.82. The average molecular weight is 188 g/mol. The van der Waals surface area contributed by atoms with Crippen molar-refractivity contribution < 1.29 is 0 Å². The third-order valence-corrected chi connectivity index (χ3v) is 2.67. The largest absolute Gasteiger partial charge is 0.358 e. The minimum atomic E-state index is 0.454. The lowest BCUT2D eigenvalue weighted by molar-refractivity contribution is 0.482. The highest BCUT2D eigenvalue weighted by atomic mass is 32.2. The smallest absolute Gasteiger partial charge is 0.137 e. The molecule has 0 aliphatic carbocycles. The van der Waals surface area contributed by atoms with E-state index in [1.54, 1.807) is 0 Å². The Labute approximate surface area is 77.6 Å². The highest BCUT2D eigenvalue weighted by molar-refractivity contribution is 8.23. The molecule has 0 rings (SSSR count). The minimum Gasteiger partial charge on any atom is -0.358 e. The number of thiocarbonyl (C=S) groups is 1. The Bertz CT molecular complexity index is 158. The van der Waals surface area contributed by atoms with Gasteiger partial charge in [0.2, 0.25) is 0 Å². The van der Waals surface area contributed by atoms with Gasteiger partial charge >= 0.3 is 0 Å². The molecule has 4 heteroatoms. The van der Waals surface area contributed by atoms with Gasteiger partial charge in [-0.1, -0.05) is 24.0 Å². The predicted molar refractivity (Wildman–Crippen MR) is 53.6 cm³/mol. The van der Waals surface area contributed by atoms with Crippen LogP contribution in [0.5, 0.6) is 0 Å². The molecule has 0 aromatic heterocycles. The van der Waals surface area contributed by atoms with Crippen molar-refractivity contribution in [1.82, 2.24) is 4.90 Å². The highest BCUT2D eigenvalue weighted by Gasteiger charge is 2.03. The molecule has 0 aromatic carbocycles. The molecule has 0 aliphatic heterocycles. The summed E-state index contributed by atoms with van der Waals surface area (Å²) in [6, 6.07) is 2.05. The maximum atomic E-state index is 8.29. The number of hydrogen-bond acceptors (Lipinski definition) is 3. The van der Waals surface area contributed by atoms with Gasteiger partial charge in [-0.05, 0) is 13.8 Å². The second-order valence-corrected chi connectivity index (χ2v) is 3.49. The van der Waals surface area contributed by atoms with Gasteiger partial charge in [-0.2, -0.15) is 5.26 Å². The van der Waals surface area contributed by atoms with Crippen molar-refractivity contribution in [2.24, 2.45) is 0 Å². The van der Waals surface area contributed by atoms with Gasteiger partial charge in [0.15, 0.2) is 0 Å². The minimum absolute atomic E-state index is 0.454. The van der Waals surface area contributed by atoms with E-state index in [0.29, 0.717) is 5.75 Å². The standard InChI is InChI=1S/C7H12N2S2/c1-3-9(4-2)7(10)11-6-5-8/h3-4,6H2,1-2H3. The summed E-state index contributed by atoms with van der Waals surface area (Å²) >= 11 is 6.51. The first-order chi connectivity index (χ1) is 5.26. The maximum absolute atomic E-state index is 8.29. The molecule has 0 unspecified atom stereocenters. The van der Waals surface area contributed by atoms with E-state index in [9.17, 15) is 0 Å². The molecular formula is C7H12N2S2. The third-order valence-electron chi connectivity index (χ3n) is 1.28. The van der Waals surface area contributed by atoms with E-state index in [2.05, 4.69) is 24.8 Å². The molecule has 0 spiro atoms.